The van der Waals surface area contributed by atoms with Crippen LogP contribution in [0.2, 0.25) is 0 Å². The van der Waals surface area contributed by atoms with Gasteiger partial charge in [0.1, 0.15) is 0 Å². The molecule has 1 aromatic rings. The van der Waals surface area contributed by atoms with E-state index in [0.29, 0.717) is 0 Å². The maximum Gasteiger partial charge on any atom is 0.246 e. The van der Waals surface area contributed by atoms with Crippen LogP contribution in [-0.4, -0.2) is 26.3 Å². The fourth-order valence-corrected chi connectivity index (χ4v) is 2.21. The lowest BCUT2D eigenvalue weighted by molar-refractivity contribution is -0.126. The van der Waals surface area contributed by atoms with E-state index in [9.17, 15) is 13.2 Å². The number of primary sulfonamides is 1. The molecule has 0 aliphatic rings. The molecule has 6 heteroatoms. The summed E-state index contributed by atoms with van der Waals surface area (Å²) in [5.41, 5.74) is 1.77. The third kappa shape index (κ3) is 4.18. The van der Waals surface area contributed by atoms with Crippen molar-refractivity contribution in [2.45, 2.75) is 31.7 Å². The predicted octanol–water partition coefficient (Wildman–Crippen LogP) is 1.82. The van der Waals surface area contributed by atoms with E-state index in [4.69, 9.17) is 5.14 Å². The molecule has 0 aromatic heterocycles. The van der Waals surface area contributed by atoms with Crippen LogP contribution in [-0.2, 0) is 14.8 Å². The molecule has 0 saturated heterocycles. The lowest BCUT2D eigenvalue weighted by Gasteiger charge is -2.24. The number of carbonyl (C=O) groups excluding carboxylic acids is 1. The van der Waals surface area contributed by atoms with E-state index < -0.39 is 10.0 Å². The zero-order valence-corrected chi connectivity index (χ0v) is 12.9. The molecule has 0 radical (unpaired) electrons. The Morgan fingerprint density at radius 1 is 1.25 bits per heavy atom. The summed E-state index contributed by atoms with van der Waals surface area (Å²) >= 11 is 0. The number of carbonyl (C=O) groups is 1. The predicted molar refractivity (Wildman–Crippen MR) is 78.4 cm³/mol. The Balaban J connectivity index is 2.96. The van der Waals surface area contributed by atoms with E-state index in [1.165, 1.54) is 12.1 Å². The zero-order valence-electron chi connectivity index (χ0n) is 12.1. The summed E-state index contributed by atoms with van der Waals surface area (Å²) in [6.07, 6.45) is 1.56. The Bertz CT molecular complexity index is 614. The van der Waals surface area contributed by atoms with Crippen LogP contribution in [0.15, 0.2) is 40.8 Å². The maximum atomic E-state index is 11.9. The molecule has 1 rings (SSSR count). The monoisotopic (exact) mass is 296 g/mol. The first-order valence-electron chi connectivity index (χ1n) is 6.17. The van der Waals surface area contributed by atoms with Crippen molar-refractivity contribution >= 4 is 15.9 Å². The fraction of sp³-hybridized carbons (Fsp3) is 0.357. The molecule has 0 saturated carbocycles. The molecular formula is C14H20N2O3S. The second-order valence-electron chi connectivity index (χ2n) is 4.96. The number of allylic oxidation sites excluding steroid dienone is 1. The minimum absolute atomic E-state index is 0.0618. The number of amides is 1. The first-order valence-corrected chi connectivity index (χ1v) is 7.72. The summed E-state index contributed by atoms with van der Waals surface area (Å²) in [5, 5.41) is 5.05. The van der Waals surface area contributed by atoms with Gasteiger partial charge in [-0.3, -0.25) is 4.79 Å². The highest BCUT2D eigenvalue weighted by molar-refractivity contribution is 7.89. The minimum Gasteiger partial charge on any atom is -0.335 e. The molecule has 110 valence electrons. The molecule has 0 spiro atoms. The first-order chi connectivity index (χ1) is 9.12. The van der Waals surface area contributed by atoms with Crippen LogP contribution in [0.4, 0.5) is 0 Å². The largest absolute Gasteiger partial charge is 0.335 e. The topological polar surface area (TPSA) is 80.5 Å². The van der Waals surface area contributed by atoms with E-state index in [-0.39, 0.29) is 16.8 Å². The van der Waals surface area contributed by atoms with Crippen LogP contribution in [0.5, 0.6) is 0 Å². The Morgan fingerprint density at radius 2 is 1.75 bits per heavy atom. The highest BCUT2D eigenvalue weighted by atomic mass is 32.2. The second kappa shape index (κ2) is 6.19. The average Bonchev–Trinajstić information content (AvgIpc) is 2.35. The second-order valence-corrected chi connectivity index (χ2v) is 6.52. The summed E-state index contributed by atoms with van der Waals surface area (Å²) < 4.78 is 22.4. The number of sulfonamides is 1. The first kappa shape index (κ1) is 16.4. The third-order valence-corrected chi connectivity index (χ3v) is 3.96. The summed E-state index contributed by atoms with van der Waals surface area (Å²) in [4.78, 5) is 13.6. The molecule has 2 N–H and O–H groups in total. The molecule has 1 atom stereocenters. The lowest BCUT2D eigenvalue weighted by atomic mass is 10.1. The molecule has 5 nitrogen and oxygen atoms in total. The van der Waals surface area contributed by atoms with Gasteiger partial charge in [0.25, 0.3) is 0 Å². The average molecular weight is 296 g/mol. The van der Waals surface area contributed by atoms with E-state index in [1.54, 1.807) is 30.2 Å². The van der Waals surface area contributed by atoms with E-state index in [1.807, 2.05) is 20.8 Å². The Kier molecular flexibility index (Phi) is 5.08. The summed E-state index contributed by atoms with van der Waals surface area (Å²) in [6, 6.07) is 6.06. The number of likely N-dealkylation sites (N-methyl/N-ethyl adjacent to an activating group) is 1. The van der Waals surface area contributed by atoms with Gasteiger partial charge in [-0.1, -0.05) is 17.7 Å². The van der Waals surface area contributed by atoms with Crippen molar-refractivity contribution < 1.29 is 13.2 Å². The Morgan fingerprint density at radius 3 is 2.15 bits per heavy atom. The van der Waals surface area contributed by atoms with Gasteiger partial charge in [-0.15, -0.1) is 0 Å². The Labute approximate surface area is 120 Å². The highest BCUT2D eigenvalue weighted by Gasteiger charge is 2.16. The van der Waals surface area contributed by atoms with Crippen molar-refractivity contribution in [2.24, 2.45) is 5.14 Å². The number of benzene rings is 1. The highest BCUT2D eigenvalue weighted by Crippen LogP contribution is 2.20. The molecule has 1 amide bonds. The van der Waals surface area contributed by atoms with Gasteiger partial charge in [-0.05, 0) is 38.5 Å². The molecule has 0 bridgehead atoms. The van der Waals surface area contributed by atoms with Gasteiger partial charge in [0.05, 0.1) is 10.9 Å². The van der Waals surface area contributed by atoms with Crippen molar-refractivity contribution in [2.75, 3.05) is 7.05 Å². The molecular weight excluding hydrogens is 276 g/mol. The van der Waals surface area contributed by atoms with Crippen LogP contribution in [0.3, 0.4) is 0 Å². The van der Waals surface area contributed by atoms with Crippen LogP contribution in [0, 0.1) is 0 Å². The van der Waals surface area contributed by atoms with Gasteiger partial charge in [-0.25, -0.2) is 13.6 Å². The SMILES string of the molecule is CC(C)=CC(=O)N(C)[C@H](C)c1ccc(S(N)(=O)=O)cc1. The standard InChI is InChI=1S/C14H20N2O3S/c1-10(2)9-14(17)16(4)11(3)12-5-7-13(8-6-12)20(15,18)19/h5-9,11H,1-4H3,(H2,15,18,19)/t11-/m1/s1. The minimum atomic E-state index is -3.69. The smallest absolute Gasteiger partial charge is 0.246 e. The number of rotatable bonds is 4. The van der Waals surface area contributed by atoms with Crippen molar-refractivity contribution in [1.82, 2.24) is 4.90 Å². The van der Waals surface area contributed by atoms with E-state index >= 15 is 0 Å². The van der Waals surface area contributed by atoms with Gasteiger partial charge >= 0.3 is 0 Å². The Hall–Kier alpha value is -1.66. The van der Waals surface area contributed by atoms with Crippen molar-refractivity contribution in [3.05, 3.63) is 41.5 Å². The van der Waals surface area contributed by atoms with Gasteiger partial charge in [-0.2, -0.15) is 0 Å². The normalized spacial score (nSPS) is 12.7. The van der Waals surface area contributed by atoms with Crippen molar-refractivity contribution in [3.8, 4) is 0 Å². The molecule has 0 aliphatic carbocycles. The van der Waals surface area contributed by atoms with Crippen LogP contribution in [0.25, 0.3) is 0 Å². The van der Waals surface area contributed by atoms with E-state index in [2.05, 4.69) is 0 Å². The summed E-state index contributed by atoms with van der Waals surface area (Å²) in [5.74, 6) is -0.0898. The van der Waals surface area contributed by atoms with E-state index in [0.717, 1.165) is 11.1 Å². The number of hydrogen-bond donors (Lipinski definition) is 1. The van der Waals surface area contributed by atoms with Crippen LogP contribution < -0.4 is 5.14 Å². The molecule has 0 heterocycles. The molecule has 20 heavy (non-hydrogen) atoms. The van der Waals surface area contributed by atoms with Gasteiger partial charge in [0, 0.05) is 13.1 Å². The zero-order chi connectivity index (χ0) is 15.5. The van der Waals surface area contributed by atoms with Gasteiger partial charge in [0.15, 0.2) is 0 Å². The number of nitrogens with two attached hydrogens (primary N) is 1. The molecule has 1 aromatic carbocycles. The van der Waals surface area contributed by atoms with Crippen LogP contribution >= 0.6 is 0 Å². The summed E-state index contributed by atoms with van der Waals surface area (Å²) in [7, 11) is -1.98. The number of hydrogen-bond acceptors (Lipinski definition) is 3. The molecule has 0 unspecified atom stereocenters. The third-order valence-electron chi connectivity index (χ3n) is 3.03. The lowest BCUT2D eigenvalue weighted by Crippen LogP contribution is -2.28. The maximum absolute atomic E-state index is 11.9. The molecule has 0 fully saturated rings. The van der Waals surface area contributed by atoms with Crippen molar-refractivity contribution in [1.29, 1.82) is 0 Å². The quantitative estimate of drug-likeness (QED) is 0.861. The fourth-order valence-electron chi connectivity index (χ4n) is 1.70. The number of nitrogens with zero attached hydrogens (tertiary/aromatic N) is 1. The van der Waals surface area contributed by atoms with Gasteiger partial charge in [0.2, 0.25) is 15.9 Å². The molecule has 0 aliphatic heterocycles. The summed E-state index contributed by atoms with van der Waals surface area (Å²) in [6.45, 7) is 5.59. The van der Waals surface area contributed by atoms with Crippen molar-refractivity contribution in [3.63, 3.8) is 0 Å². The van der Waals surface area contributed by atoms with Gasteiger partial charge < -0.3 is 4.90 Å². The van der Waals surface area contributed by atoms with Crippen LogP contribution in [0.1, 0.15) is 32.4 Å².